The normalized spacial score (nSPS) is 11.8. The lowest BCUT2D eigenvalue weighted by molar-refractivity contribution is 0.206. The molecular weight excluding hydrogens is 242 g/mol. The monoisotopic (exact) mass is 265 g/mol. The first kappa shape index (κ1) is 15.3. The van der Waals surface area contributed by atoms with E-state index in [1.165, 1.54) is 0 Å². The van der Waals surface area contributed by atoms with E-state index >= 15 is 0 Å². The van der Waals surface area contributed by atoms with E-state index in [2.05, 4.69) is 5.32 Å². The summed E-state index contributed by atoms with van der Waals surface area (Å²) in [7, 11) is 1.60. The molecule has 0 aliphatic carbocycles. The van der Waals surface area contributed by atoms with Crippen LogP contribution in [0, 0.1) is 5.92 Å². The molecule has 5 nitrogen and oxygen atoms in total. The lowest BCUT2D eigenvalue weighted by Gasteiger charge is -2.24. The molecule has 1 aromatic rings. The first-order chi connectivity index (χ1) is 9.10. The van der Waals surface area contributed by atoms with Crippen molar-refractivity contribution in [1.82, 2.24) is 4.90 Å². The molecule has 0 saturated carbocycles. The summed E-state index contributed by atoms with van der Waals surface area (Å²) in [6.45, 7) is 5.86. The lowest BCUT2D eigenvalue weighted by Crippen LogP contribution is -2.39. The molecule has 0 aromatic heterocycles. The fourth-order valence-corrected chi connectivity index (χ4v) is 1.71. The minimum Gasteiger partial charge on any atom is -0.497 e. The molecule has 0 aliphatic rings. The summed E-state index contributed by atoms with van der Waals surface area (Å²) in [5.74, 6) is 1.01. The predicted octanol–water partition coefficient (Wildman–Crippen LogP) is 2.14. The third kappa shape index (κ3) is 4.79. The molecule has 1 unspecified atom stereocenters. The van der Waals surface area contributed by atoms with Crippen LogP contribution in [0.15, 0.2) is 24.3 Å². The predicted molar refractivity (Wildman–Crippen MR) is 77.5 cm³/mol. The highest BCUT2D eigenvalue weighted by Gasteiger charge is 2.14. The van der Waals surface area contributed by atoms with Crippen molar-refractivity contribution < 1.29 is 9.53 Å². The van der Waals surface area contributed by atoms with Crippen molar-refractivity contribution in [2.75, 3.05) is 32.1 Å². The van der Waals surface area contributed by atoms with Gasteiger partial charge in [-0.3, -0.25) is 0 Å². The molecule has 0 aliphatic heterocycles. The van der Waals surface area contributed by atoms with Gasteiger partial charge in [0, 0.05) is 24.8 Å². The molecule has 2 amide bonds. The van der Waals surface area contributed by atoms with E-state index in [1.807, 2.05) is 32.0 Å². The van der Waals surface area contributed by atoms with E-state index in [-0.39, 0.29) is 11.9 Å². The molecule has 1 aromatic carbocycles. The number of benzene rings is 1. The molecule has 0 radical (unpaired) electrons. The van der Waals surface area contributed by atoms with Gasteiger partial charge in [0.2, 0.25) is 0 Å². The Bertz CT molecular complexity index is 409. The van der Waals surface area contributed by atoms with Crippen molar-refractivity contribution in [3.63, 3.8) is 0 Å². The Hall–Kier alpha value is -1.75. The molecule has 0 fully saturated rings. The van der Waals surface area contributed by atoms with E-state index in [1.54, 1.807) is 18.1 Å². The molecule has 1 rings (SSSR count). The van der Waals surface area contributed by atoms with Gasteiger partial charge in [-0.2, -0.15) is 0 Å². The second-order valence-electron chi connectivity index (χ2n) is 4.54. The second kappa shape index (κ2) is 7.63. The first-order valence-electron chi connectivity index (χ1n) is 6.50. The summed E-state index contributed by atoms with van der Waals surface area (Å²) in [5.41, 5.74) is 6.32. The molecule has 5 heteroatoms. The number of nitrogens with two attached hydrogens (primary N) is 1. The number of rotatable bonds is 6. The Balaban J connectivity index is 2.65. The van der Waals surface area contributed by atoms with Crippen molar-refractivity contribution in [2.24, 2.45) is 11.7 Å². The number of hydrogen-bond donors (Lipinski definition) is 2. The van der Waals surface area contributed by atoms with E-state index < -0.39 is 0 Å². The standard InChI is InChI=1S/C14H23N3O2/c1-4-17(10-11(2)9-15)14(18)16-12-6-5-7-13(8-12)19-3/h5-8,11H,4,9-10,15H2,1-3H3,(H,16,18). The van der Waals surface area contributed by atoms with Gasteiger partial charge in [0.25, 0.3) is 0 Å². The van der Waals surface area contributed by atoms with Crippen LogP contribution in [-0.4, -0.2) is 37.7 Å². The number of urea groups is 1. The van der Waals surface area contributed by atoms with Crippen molar-refractivity contribution in [1.29, 1.82) is 0 Å². The van der Waals surface area contributed by atoms with Crippen LogP contribution in [0.2, 0.25) is 0 Å². The van der Waals surface area contributed by atoms with Crippen LogP contribution >= 0.6 is 0 Å². The third-order valence-electron chi connectivity index (χ3n) is 2.92. The van der Waals surface area contributed by atoms with Crippen LogP contribution in [0.25, 0.3) is 0 Å². The number of carbonyl (C=O) groups is 1. The number of nitrogens with one attached hydrogen (secondary N) is 1. The maximum absolute atomic E-state index is 12.1. The number of ether oxygens (including phenoxy) is 1. The maximum Gasteiger partial charge on any atom is 0.321 e. The van der Waals surface area contributed by atoms with Gasteiger partial charge < -0.3 is 20.7 Å². The summed E-state index contributed by atoms with van der Waals surface area (Å²) in [6.07, 6.45) is 0. The SMILES string of the molecule is CCN(CC(C)CN)C(=O)Nc1cccc(OC)c1. The molecule has 3 N–H and O–H groups in total. The summed E-state index contributed by atoms with van der Waals surface area (Å²) in [6, 6.07) is 7.19. The molecule has 0 saturated heterocycles. The highest BCUT2D eigenvalue weighted by molar-refractivity contribution is 5.89. The quantitative estimate of drug-likeness (QED) is 0.828. The van der Waals surface area contributed by atoms with Gasteiger partial charge in [-0.15, -0.1) is 0 Å². The maximum atomic E-state index is 12.1. The number of nitrogens with zero attached hydrogens (tertiary/aromatic N) is 1. The zero-order valence-electron chi connectivity index (χ0n) is 11.8. The Morgan fingerprint density at radius 1 is 1.53 bits per heavy atom. The minimum atomic E-state index is -0.115. The van der Waals surface area contributed by atoms with Gasteiger partial charge in [0.1, 0.15) is 5.75 Å². The Labute approximate surface area is 114 Å². The molecular formula is C14H23N3O2. The van der Waals surface area contributed by atoms with Crippen LogP contribution in [-0.2, 0) is 0 Å². The zero-order chi connectivity index (χ0) is 14.3. The summed E-state index contributed by atoms with van der Waals surface area (Å²) < 4.78 is 5.12. The number of anilines is 1. The number of amides is 2. The van der Waals surface area contributed by atoms with Crippen LogP contribution in [0.5, 0.6) is 5.75 Å². The van der Waals surface area contributed by atoms with Gasteiger partial charge >= 0.3 is 6.03 Å². The fourth-order valence-electron chi connectivity index (χ4n) is 1.71. The number of methoxy groups -OCH3 is 1. The highest BCUT2D eigenvalue weighted by Crippen LogP contribution is 2.17. The van der Waals surface area contributed by atoms with Crippen molar-refractivity contribution >= 4 is 11.7 Å². The van der Waals surface area contributed by atoms with Crippen molar-refractivity contribution in [3.05, 3.63) is 24.3 Å². The third-order valence-corrected chi connectivity index (χ3v) is 2.92. The largest absolute Gasteiger partial charge is 0.497 e. The van der Waals surface area contributed by atoms with Gasteiger partial charge in [-0.1, -0.05) is 13.0 Å². The van der Waals surface area contributed by atoms with Crippen molar-refractivity contribution in [3.8, 4) is 5.75 Å². The van der Waals surface area contributed by atoms with Crippen LogP contribution < -0.4 is 15.8 Å². The number of hydrogen-bond acceptors (Lipinski definition) is 3. The number of carbonyl (C=O) groups excluding carboxylic acids is 1. The van der Waals surface area contributed by atoms with E-state index in [9.17, 15) is 4.79 Å². The van der Waals surface area contributed by atoms with E-state index in [4.69, 9.17) is 10.5 Å². The Morgan fingerprint density at radius 3 is 2.84 bits per heavy atom. The lowest BCUT2D eigenvalue weighted by atomic mass is 10.2. The Kier molecular flexibility index (Phi) is 6.15. The van der Waals surface area contributed by atoms with Gasteiger partial charge in [0.15, 0.2) is 0 Å². The van der Waals surface area contributed by atoms with E-state index in [0.717, 1.165) is 11.4 Å². The minimum absolute atomic E-state index is 0.115. The second-order valence-corrected chi connectivity index (χ2v) is 4.54. The first-order valence-corrected chi connectivity index (χ1v) is 6.50. The molecule has 106 valence electrons. The topological polar surface area (TPSA) is 67.6 Å². The summed E-state index contributed by atoms with van der Waals surface area (Å²) in [4.78, 5) is 13.9. The van der Waals surface area contributed by atoms with Gasteiger partial charge in [-0.05, 0) is 31.5 Å². The Morgan fingerprint density at radius 2 is 2.26 bits per heavy atom. The van der Waals surface area contributed by atoms with Gasteiger partial charge in [0.05, 0.1) is 7.11 Å². The molecule has 1 atom stereocenters. The molecule has 0 heterocycles. The molecule has 0 bridgehead atoms. The van der Waals surface area contributed by atoms with E-state index in [0.29, 0.717) is 19.6 Å². The molecule has 0 spiro atoms. The average Bonchev–Trinajstić information content (AvgIpc) is 2.44. The average molecular weight is 265 g/mol. The van der Waals surface area contributed by atoms with Crippen molar-refractivity contribution in [2.45, 2.75) is 13.8 Å². The summed E-state index contributed by atoms with van der Waals surface area (Å²) in [5, 5.41) is 2.86. The fraction of sp³-hybridized carbons (Fsp3) is 0.500. The van der Waals surface area contributed by atoms with Crippen LogP contribution in [0.4, 0.5) is 10.5 Å². The smallest absolute Gasteiger partial charge is 0.321 e. The highest BCUT2D eigenvalue weighted by atomic mass is 16.5. The van der Waals surface area contributed by atoms with Crippen LogP contribution in [0.3, 0.4) is 0 Å². The van der Waals surface area contributed by atoms with Gasteiger partial charge in [-0.25, -0.2) is 4.79 Å². The zero-order valence-corrected chi connectivity index (χ0v) is 11.8. The summed E-state index contributed by atoms with van der Waals surface area (Å²) >= 11 is 0. The molecule has 19 heavy (non-hydrogen) atoms. The van der Waals surface area contributed by atoms with Crippen LogP contribution in [0.1, 0.15) is 13.8 Å².